The maximum Gasteiger partial charge on any atom is 0.342 e. The minimum Gasteiger partial charge on any atom is -0.464 e. The predicted octanol–water partition coefficient (Wildman–Crippen LogP) is 3.77. The molecule has 0 radical (unpaired) electrons. The van der Waals surface area contributed by atoms with Crippen LogP contribution in [0.1, 0.15) is 35.8 Å². The molecule has 7 heteroatoms. The highest BCUT2D eigenvalue weighted by molar-refractivity contribution is 9.10. The third-order valence-electron chi connectivity index (χ3n) is 4.75. The maximum atomic E-state index is 13.3. The first-order chi connectivity index (χ1) is 14.4. The van der Waals surface area contributed by atoms with Gasteiger partial charge in [-0.1, -0.05) is 58.4 Å². The van der Waals surface area contributed by atoms with Crippen molar-refractivity contribution in [2.75, 3.05) is 13.2 Å². The zero-order chi connectivity index (χ0) is 21.7. The first-order valence-electron chi connectivity index (χ1n) is 9.63. The largest absolute Gasteiger partial charge is 0.464 e. The zero-order valence-corrected chi connectivity index (χ0v) is 18.3. The van der Waals surface area contributed by atoms with Crippen molar-refractivity contribution >= 4 is 33.7 Å². The number of carbonyl (C=O) groups excluding carboxylic acids is 3. The van der Waals surface area contributed by atoms with E-state index in [0.717, 1.165) is 10.0 Å². The van der Waals surface area contributed by atoms with Gasteiger partial charge in [-0.3, -0.25) is 10.1 Å². The molecule has 2 aromatic rings. The summed E-state index contributed by atoms with van der Waals surface area (Å²) in [5.41, 5.74) is -0.436. The lowest BCUT2D eigenvalue weighted by molar-refractivity contribution is -0.162. The summed E-state index contributed by atoms with van der Waals surface area (Å²) in [6.07, 6.45) is 1.35. The van der Waals surface area contributed by atoms with Gasteiger partial charge in [0.2, 0.25) is 5.54 Å². The van der Waals surface area contributed by atoms with Crippen molar-refractivity contribution in [1.29, 1.82) is 0 Å². The monoisotopic (exact) mass is 471 g/mol. The highest BCUT2D eigenvalue weighted by atomic mass is 79.9. The summed E-state index contributed by atoms with van der Waals surface area (Å²) in [5, 5.41) is 3.03. The van der Waals surface area contributed by atoms with Gasteiger partial charge in [0.05, 0.1) is 19.3 Å². The second-order valence-corrected chi connectivity index (χ2v) is 7.59. The fraction of sp³-hybridized carbons (Fsp3) is 0.261. The number of ether oxygens (including phenoxy) is 2. The van der Waals surface area contributed by atoms with Crippen LogP contribution in [0.4, 0.5) is 0 Å². The number of Topliss-reactive ketones (excluding diaryl/α,β-unsaturated/α-hetero) is 1. The number of hydrogen-bond donors (Lipinski definition) is 1. The smallest absolute Gasteiger partial charge is 0.342 e. The molecule has 1 aliphatic heterocycles. The van der Waals surface area contributed by atoms with Crippen LogP contribution >= 0.6 is 15.9 Å². The summed E-state index contributed by atoms with van der Waals surface area (Å²) >= 11 is 3.39. The molecule has 0 aliphatic carbocycles. The number of esters is 2. The average molecular weight is 472 g/mol. The first kappa shape index (κ1) is 21.9. The summed E-state index contributed by atoms with van der Waals surface area (Å²) in [7, 11) is 0. The minimum absolute atomic E-state index is 0.0838. The molecule has 1 N–H and O–H groups in total. The minimum atomic E-state index is -1.90. The number of hydrogen-bond acceptors (Lipinski definition) is 6. The Balaban J connectivity index is 2.13. The Morgan fingerprint density at radius 1 is 0.933 bits per heavy atom. The summed E-state index contributed by atoms with van der Waals surface area (Å²) in [4.78, 5) is 39.1. The summed E-state index contributed by atoms with van der Waals surface area (Å²) in [5.74, 6) is -1.89. The maximum absolute atomic E-state index is 13.3. The van der Waals surface area contributed by atoms with Gasteiger partial charge in [0.25, 0.3) is 0 Å². The average Bonchev–Trinajstić information content (AvgIpc) is 3.17. The lowest BCUT2D eigenvalue weighted by atomic mass is 9.93. The Morgan fingerprint density at radius 3 is 2.03 bits per heavy atom. The van der Waals surface area contributed by atoms with E-state index < -0.39 is 23.5 Å². The Kier molecular flexibility index (Phi) is 6.84. The zero-order valence-electron chi connectivity index (χ0n) is 16.7. The second kappa shape index (κ2) is 9.36. The van der Waals surface area contributed by atoms with E-state index in [9.17, 15) is 14.4 Å². The molecule has 0 saturated carbocycles. The molecular formula is C23H22BrNO5. The van der Waals surface area contributed by atoms with Crippen LogP contribution in [0.5, 0.6) is 0 Å². The van der Waals surface area contributed by atoms with Gasteiger partial charge in [-0.25, -0.2) is 9.59 Å². The first-order valence-corrected chi connectivity index (χ1v) is 10.4. The van der Waals surface area contributed by atoms with Gasteiger partial charge in [-0.2, -0.15) is 0 Å². The lowest BCUT2D eigenvalue weighted by Gasteiger charge is -2.26. The fourth-order valence-corrected chi connectivity index (χ4v) is 3.61. The standard InChI is InChI=1S/C23H22BrNO5/c1-3-29-21(27)23(22(28)30-4-2)14-18(20(26)16-8-6-5-7-9-16)19(25-23)15-10-12-17(24)13-11-15/h5-14,19,25H,3-4H2,1-2H3/t19-/m1/s1. The molecule has 1 atom stereocenters. The quantitative estimate of drug-likeness (QED) is 0.376. The van der Waals surface area contributed by atoms with Gasteiger partial charge in [0, 0.05) is 15.6 Å². The van der Waals surface area contributed by atoms with E-state index in [0.29, 0.717) is 5.56 Å². The van der Waals surface area contributed by atoms with E-state index in [1.807, 2.05) is 30.3 Å². The molecule has 156 valence electrons. The van der Waals surface area contributed by atoms with Crippen molar-refractivity contribution in [3.8, 4) is 0 Å². The third kappa shape index (κ3) is 4.22. The molecule has 0 saturated heterocycles. The fourth-order valence-electron chi connectivity index (χ4n) is 3.34. The molecule has 0 bridgehead atoms. The Bertz CT molecular complexity index is 951. The Labute approximate surface area is 183 Å². The number of halogens is 1. The molecule has 0 unspecified atom stereocenters. The van der Waals surface area contributed by atoms with Crippen LogP contribution in [0.25, 0.3) is 0 Å². The molecule has 0 spiro atoms. The van der Waals surface area contributed by atoms with Crippen molar-refractivity contribution in [3.05, 3.63) is 81.8 Å². The molecule has 2 aromatic carbocycles. The van der Waals surface area contributed by atoms with Crippen LogP contribution in [0.3, 0.4) is 0 Å². The number of benzene rings is 2. The number of ketones is 1. The molecule has 0 amide bonds. The normalized spacial score (nSPS) is 17.2. The van der Waals surface area contributed by atoms with Crippen molar-refractivity contribution in [1.82, 2.24) is 5.32 Å². The lowest BCUT2D eigenvalue weighted by Crippen LogP contribution is -2.56. The molecule has 3 rings (SSSR count). The predicted molar refractivity (Wildman–Crippen MR) is 115 cm³/mol. The Morgan fingerprint density at radius 2 is 1.50 bits per heavy atom. The number of rotatable bonds is 7. The summed E-state index contributed by atoms with van der Waals surface area (Å²) < 4.78 is 11.2. The van der Waals surface area contributed by atoms with Crippen LogP contribution in [0.2, 0.25) is 0 Å². The van der Waals surface area contributed by atoms with Crippen molar-refractivity contribution in [3.63, 3.8) is 0 Å². The summed E-state index contributed by atoms with van der Waals surface area (Å²) in [6, 6.07) is 15.3. The molecule has 30 heavy (non-hydrogen) atoms. The van der Waals surface area contributed by atoms with E-state index in [1.54, 1.807) is 38.1 Å². The van der Waals surface area contributed by atoms with Crippen LogP contribution in [0, 0.1) is 0 Å². The van der Waals surface area contributed by atoms with Crippen LogP contribution in [-0.2, 0) is 19.1 Å². The van der Waals surface area contributed by atoms with E-state index in [-0.39, 0.29) is 24.6 Å². The topological polar surface area (TPSA) is 81.7 Å². The van der Waals surface area contributed by atoms with E-state index in [4.69, 9.17) is 9.47 Å². The van der Waals surface area contributed by atoms with Gasteiger partial charge in [-0.15, -0.1) is 0 Å². The number of nitrogens with one attached hydrogen (secondary N) is 1. The van der Waals surface area contributed by atoms with E-state index >= 15 is 0 Å². The van der Waals surface area contributed by atoms with Crippen molar-refractivity contribution in [2.45, 2.75) is 25.4 Å². The molecule has 0 fully saturated rings. The van der Waals surface area contributed by atoms with E-state index in [1.165, 1.54) is 6.08 Å². The van der Waals surface area contributed by atoms with Gasteiger partial charge in [0.1, 0.15) is 0 Å². The second-order valence-electron chi connectivity index (χ2n) is 6.67. The molecule has 1 aliphatic rings. The van der Waals surface area contributed by atoms with Crippen LogP contribution in [0.15, 0.2) is 70.7 Å². The van der Waals surface area contributed by atoms with E-state index in [2.05, 4.69) is 21.2 Å². The molecule has 1 heterocycles. The third-order valence-corrected chi connectivity index (χ3v) is 5.28. The van der Waals surface area contributed by atoms with Crippen molar-refractivity contribution < 1.29 is 23.9 Å². The van der Waals surface area contributed by atoms with Crippen molar-refractivity contribution in [2.24, 2.45) is 0 Å². The van der Waals surface area contributed by atoms with Crippen LogP contribution in [-0.4, -0.2) is 36.5 Å². The van der Waals surface area contributed by atoms with Gasteiger partial charge in [0.15, 0.2) is 5.78 Å². The SMILES string of the molecule is CCOC(=O)C1(C(=O)OCC)C=C(C(=O)c2ccccc2)[C@@H](c2ccc(Br)cc2)N1. The molecule has 6 nitrogen and oxygen atoms in total. The molecular weight excluding hydrogens is 450 g/mol. The number of carbonyl (C=O) groups is 3. The Hall–Kier alpha value is -2.77. The van der Waals surface area contributed by atoms with Gasteiger partial charge >= 0.3 is 11.9 Å². The molecule has 0 aromatic heterocycles. The highest BCUT2D eigenvalue weighted by Crippen LogP contribution is 2.37. The van der Waals surface area contributed by atoms with Crippen LogP contribution < -0.4 is 5.32 Å². The summed E-state index contributed by atoms with van der Waals surface area (Å²) in [6.45, 7) is 3.47. The van der Waals surface area contributed by atoms with Gasteiger partial charge < -0.3 is 9.47 Å². The highest BCUT2D eigenvalue weighted by Gasteiger charge is 2.54. The van der Waals surface area contributed by atoms with Gasteiger partial charge in [-0.05, 0) is 37.6 Å².